The minimum absolute atomic E-state index is 0.0804. The maximum Gasteiger partial charge on any atom is 0.274 e. The molecule has 0 atom stereocenters. The Morgan fingerprint density at radius 1 is 1.35 bits per heavy atom. The summed E-state index contributed by atoms with van der Waals surface area (Å²) in [7, 11) is 0. The van der Waals surface area contributed by atoms with Gasteiger partial charge in [0.15, 0.2) is 5.84 Å². The average molecular weight is 274 g/mol. The Hall–Kier alpha value is -2.96. The van der Waals surface area contributed by atoms with Crippen molar-refractivity contribution in [2.75, 3.05) is 5.32 Å². The fourth-order valence-electron chi connectivity index (χ4n) is 1.57. The van der Waals surface area contributed by atoms with Gasteiger partial charge in [-0.15, -0.1) is 0 Å². The maximum absolute atomic E-state index is 13.2. The minimum atomic E-state index is -0.567. The lowest BCUT2D eigenvalue weighted by Gasteiger charge is -2.09. The summed E-state index contributed by atoms with van der Waals surface area (Å²) in [5.41, 5.74) is 5.94. The molecule has 2 rings (SSSR count). The van der Waals surface area contributed by atoms with Gasteiger partial charge in [-0.1, -0.05) is 11.2 Å². The summed E-state index contributed by atoms with van der Waals surface area (Å²) in [4.78, 5) is 15.8. The van der Waals surface area contributed by atoms with Crippen LogP contribution in [0.2, 0.25) is 0 Å². The van der Waals surface area contributed by atoms with Gasteiger partial charge in [-0.05, 0) is 30.3 Å². The molecule has 0 aliphatic rings. The van der Waals surface area contributed by atoms with Gasteiger partial charge < -0.3 is 16.3 Å². The number of hydrogen-bond donors (Lipinski definition) is 3. The molecule has 0 saturated carbocycles. The van der Waals surface area contributed by atoms with Crippen LogP contribution in [0.15, 0.2) is 47.8 Å². The van der Waals surface area contributed by atoms with Gasteiger partial charge in [0.1, 0.15) is 11.5 Å². The summed E-state index contributed by atoms with van der Waals surface area (Å²) >= 11 is 0. The summed E-state index contributed by atoms with van der Waals surface area (Å²) in [5, 5.41) is 14.0. The van der Waals surface area contributed by atoms with E-state index in [0.29, 0.717) is 0 Å². The Kier molecular flexibility index (Phi) is 3.90. The molecule has 2 aromatic rings. The highest BCUT2D eigenvalue weighted by atomic mass is 19.1. The summed E-state index contributed by atoms with van der Waals surface area (Å²) in [6, 6.07) is 8.41. The SMILES string of the molecule is N/C(=N/O)c1cc(F)ccc1NC(=O)c1ccccn1. The third-order valence-electron chi connectivity index (χ3n) is 2.51. The van der Waals surface area contributed by atoms with Crippen LogP contribution in [0.3, 0.4) is 0 Å². The molecule has 1 heterocycles. The number of pyridine rings is 1. The van der Waals surface area contributed by atoms with E-state index in [-0.39, 0.29) is 22.8 Å². The highest BCUT2D eigenvalue weighted by molar-refractivity contribution is 6.09. The molecule has 0 saturated heterocycles. The fraction of sp³-hybridized carbons (Fsp3) is 0. The van der Waals surface area contributed by atoms with E-state index in [1.807, 2.05) is 0 Å². The number of nitrogens with zero attached hydrogens (tertiary/aromatic N) is 2. The number of rotatable bonds is 3. The number of oxime groups is 1. The zero-order valence-electron chi connectivity index (χ0n) is 10.2. The molecule has 102 valence electrons. The van der Waals surface area contributed by atoms with Crippen LogP contribution in [0.25, 0.3) is 0 Å². The number of amidine groups is 1. The number of hydrogen-bond acceptors (Lipinski definition) is 4. The molecule has 0 bridgehead atoms. The van der Waals surface area contributed by atoms with E-state index in [2.05, 4.69) is 15.5 Å². The number of nitrogens with two attached hydrogens (primary N) is 1. The van der Waals surface area contributed by atoms with Crippen molar-refractivity contribution in [3.63, 3.8) is 0 Å². The number of nitrogens with one attached hydrogen (secondary N) is 1. The highest BCUT2D eigenvalue weighted by Crippen LogP contribution is 2.17. The van der Waals surface area contributed by atoms with Crippen LogP contribution in [0, 0.1) is 5.82 Å². The van der Waals surface area contributed by atoms with E-state index >= 15 is 0 Å². The zero-order chi connectivity index (χ0) is 14.5. The molecule has 0 radical (unpaired) electrons. The van der Waals surface area contributed by atoms with Crippen molar-refractivity contribution in [2.24, 2.45) is 10.9 Å². The third-order valence-corrected chi connectivity index (χ3v) is 2.51. The van der Waals surface area contributed by atoms with Gasteiger partial charge in [0.25, 0.3) is 5.91 Å². The predicted molar refractivity (Wildman–Crippen MR) is 71.1 cm³/mol. The second kappa shape index (κ2) is 5.79. The quantitative estimate of drug-likeness (QED) is 0.342. The number of amides is 1. The second-order valence-electron chi connectivity index (χ2n) is 3.84. The number of aromatic nitrogens is 1. The minimum Gasteiger partial charge on any atom is -0.409 e. The van der Waals surface area contributed by atoms with Crippen LogP contribution in [-0.2, 0) is 0 Å². The Morgan fingerprint density at radius 2 is 2.15 bits per heavy atom. The number of benzene rings is 1. The monoisotopic (exact) mass is 274 g/mol. The largest absolute Gasteiger partial charge is 0.409 e. The molecule has 4 N–H and O–H groups in total. The first kappa shape index (κ1) is 13.5. The molecule has 7 heteroatoms. The van der Waals surface area contributed by atoms with Gasteiger partial charge in [-0.25, -0.2) is 4.39 Å². The van der Waals surface area contributed by atoms with Gasteiger partial charge in [0.2, 0.25) is 0 Å². The third kappa shape index (κ3) is 2.89. The van der Waals surface area contributed by atoms with Crippen molar-refractivity contribution < 1.29 is 14.4 Å². The normalized spacial score (nSPS) is 11.2. The number of halogens is 1. The Morgan fingerprint density at radius 3 is 2.80 bits per heavy atom. The molecule has 0 unspecified atom stereocenters. The Labute approximate surface area is 113 Å². The van der Waals surface area contributed by atoms with Crippen molar-refractivity contribution in [2.45, 2.75) is 0 Å². The number of carbonyl (C=O) groups excluding carboxylic acids is 1. The molecule has 0 fully saturated rings. The standard InChI is InChI=1S/C13H11FN4O2/c14-8-4-5-10(9(7-8)12(15)18-20)17-13(19)11-3-1-2-6-16-11/h1-7,20H,(H2,15,18)(H,17,19). The maximum atomic E-state index is 13.2. The van der Waals surface area contributed by atoms with Crippen molar-refractivity contribution >= 4 is 17.4 Å². The van der Waals surface area contributed by atoms with Crippen LogP contribution in [-0.4, -0.2) is 21.9 Å². The fourth-order valence-corrected chi connectivity index (χ4v) is 1.57. The molecular formula is C13H11FN4O2. The van der Waals surface area contributed by atoms with Crippen molar-refractivity contribution in [1.82, 2.24) is 4.98 Å². The summed E-state index contributed by atoms with van der Waals surface area (Å²) in [5.74, 6) is -1.35. The average Bonchev–Trinajstić information content (AvgIpc) is 2.49. The smallest absolute Gasteiger partial charge is 0.274 e. The molecule has 20 heavy (non-hydrogen) atoms. The lowest BCUT2D eigenvalue weighted by atomic mass is 10.1. The molecule has 0 spiro atoms. The molecular weight excluding hydrogens is 263 g/mol. The second-order valence-corrected chi connectivity index (χ2v) is 3.84. The van der Waals surface area contributed by atoms with Crippen molar-refractivity contribution in [3.05, 3.63) is 59.7 Å². The number of anilines is 1. The van der Waals surface area contributed by atoms with E-state index in [0.717, 1.165) is 12.1 Å². The first-order valence-electron chi connectivity index (χ1n) is 5.61. The summed E-state index contributed by atoms with van der Waals surface area (Å²) < 4.78 is 13.2. The van der Waals surface area contributed by atoms with Crippen LogP contribution in [0.5, 0.6) is 0 Å². The van der Waals surface area contributed by atoms with Crippen LogP contribution < -0.4 is 11.1 Å². The van der Waals surface area contributed by atoms with Crippen molar-refractivity contribution in [3.8, 4) is 0 Å². The van der Waals surface area contributed by atoms with Crippen LogP contribution in [0.1, 0.15) is 16.1 Å². The molecule has 0 aliphatic carbocycles. The molecule has 1 aromatic heterocycles. The highest BCUT2D eigenvalue weighted by Gasteiger charge is 2.13. The topological polar surface area (TPSA) is 101 Å². The lowest BCUT2D eigenvalue weighted by molar-refractivity contribution is 0.102. The van der Waals surface area contributed by atoms with Gasteiger partial charge >= 0.3 is 0 Å². The molecule has 0 aliphatic heterocycles. The van der Waals surface area contributed by atoms with Crippen molar-refractivity contribution in [1.29, 1.82) is 0 Å². The predicted octanol–water partition coefficient (Wildman–Crippen LogP) is 1.57. The van der Waals surface area contributed by atoms with Gasteiger partial charge in [0.05, 0.1) is 5.69 Å². The van der Waals surface area contributed by atoms with E-state index in [1.54, 1.807) is 12.1 Å². The van der Waals surface area contributed by atoms with E-state index in [9.17, 15) is 9.18 Å². The summed E-state index contributed by atoms with van der Waals surface area (Å²) in [6.07, 6.45) is 1.48. The molecule has 1 amide bonds. The van der Waals surface area contributed by atoms with Gasteiger partial charge in [-0.3, -0.25) is 9.78 Å². The van der Waals surface area contributed by atoms with E-state index in [1.165, 1.54) is 18.3 Å². The lowest BCUT2D eigenvalue weighted by Crippen LogP contribution is -2.20. The van der Waals surface area contributed by atoms with E-state index < -0.39 is 11.7 Å². The van der Waals surface area contributed by atoms with Crippen LogP contribution >= 0.6 is 0 Å². The number of carbonyl (C=O) groups is 1. The van der Waals surface area contributed by atoms with E-state index in [4.69, 9.17) is 10.9 Å². The first-order chi connectivity index (χ1) is 9.61. The van der Waals surface area contributed by atoms with Gasteiger partial charge in [0, 0.05) is 11.8 Å². The van der Waals surface area contributed by atoms with Crippen LogP contribution in [0.4, 0.5) is 10.1 Å². The van der Waals surface area contributed by atoms with Gasteiger partial charge in [-0.2, -0.15) is 0 Å². The Bertz CT molecular complexity index is 659. The zero-order valence-corrected chi connectivity index (χ0v) is 10.2. The molecule has 1 aromatic carbocycles. The molecule has 6 nitrogen and oxygen atoms in total. The summed E-state index contributed by atoms with van der Waals surface area (Å²) in [6.45, 7) is 0. The Balaban J connectivity index is 2.32. The first-order valence-corrected chi connectivity index (χ1v) is 5.61.